The normalized spacial score (nSPS) is 10.9. The van der Waals surface area contributed by atoms with E-state index in [0.29, 0.717) is 16.5 Å². The van der Waals surface area contributed by atoms with Crippen molar-refractivity contribution < 1.29 is 9.84 Å². The van der Waals surface area contributed by atoms with Gasteiger partial charge in [0, 0.05) is 26.2 Å². The molecule has 0 fully saturated rings. The third kappa shape index (κ3) is 1.54. The van der Waals surface area contributed by atoms with Gasteiger partial charge in [-0.05, 0) is 18.2 Å². The number of rotatable bonds is 1. The number of hydrogen-bond donors (Lipinski definition) is 1. The molecule has 0 unspecified atom stereocenters. The van der Waals surface area contributed by atoms with Gasteiger partial charge in [0.15, 0.2) is 16.9 Å². The molecule has 0 saturated heterocycles. The van der Waals surface area contributed by atoms with Gasteiger partial charge in [-0.25, -0.2) is 0 Å². The van der Waals surface area contributed by atoms with Crippen molar-refractivity contribution in [1.29, 1.82) is 0 Å². The van der Waals surface area contributed by atoms with Gasteiger partial charge in [0.1, 0.15) is 0 Å². The summed E-state index contributed by atoms with van der Waals surface area (Å²) in [6.45, 7) is 0. The van der Waals surface area contributed by atoms with Crippen LogP contribution in [0.1, 0.15) is 0 Å². The predicted molar refractivity (Wildman–Crippen MR) is 73.8 cm³/mol. The van der Waals surface area contributed by atoms with Gasteiger partial charge in [0.2, 0.25) is 0 Å². The van der Waals surface area contributed by atoms with Gasteiger partial charge in [-0.3, -0.25) is 4.79 Å². The second kappa shape index (κ2) is 3.99. The molecular weight excluding hydrogens is 248 g/mol. The lowest BCUT2D eigenvalue weighted by atomic mass is 10.1. The molecule has 18 heavy (non-hydrogen) atoms. The van der Waals surface area contributed by atoms with Gasteiger partial charge in [0.05, 0.1) is 7.11 Å². The molecule has 0 aliphatic carbocycles. The first kappa shape index (κ1) is 11.0. The van der Waals surface area contributed by atoms with Gasteiger partial charge < -0.3 is 9.84 Å². The van der Waals surface area contributed by atoms with Crippen LogP contribution in [-0.4, -0.2) is 12.2 Å². The molecule has 3 nitrogen and oxygen atoms in total. The zero-order valence-corrected chi connectivity index (χ0v) is 10.5. The number of methoxy groups -OCH3 is 1. The fourth-order valence-corrected chi connectivity index (χ4v) is 3.06. The minimum atomic E-state index is -0.0581. The SMILES string of the molecule is COc1cc2sc3ccccc3c(=O)c2cc1O. The highest BCUT2D eigenvalue weighted by Gasteiger charge is 2.10. The third-order valence-electron chi connectivity index (χ3n) is 2.88. The second-order valence-electron chi connectivity index (χ2n) is 3.95. The van der Waals surface area contributed by atoms with Crippen LogP contribution in [0.15, 0.2) is 41.2 Å². The van der Waals surface area contributed by atoms with E-state index in [-0.39, 0.29) is 11.2 Å². The summed E-state index contributed by atoms with van der Waals surface area (Å²) >= 11 is 1.51. The van der Waals surface area contributed by atoms with Crippen LogP contribution in [0.2, 0.25) is 0 Å². The first-order valence-electron chi connectivity index (χ1n) is 5.43. The maximum absolute atomic E-state index is 12.3. The molecule has 1 heterocycles. The highest BCUT2D eigenvalue weighted by Crippen LogP contribution is 2.33. The fourth-order valence-electron chi connectivity index (χ4n) is 1.98. The van der Waals surface area contributed by atoms with E-state index in [4.69, 9.17) is 4.74 Å². The molecule has 3 aromatic rings. The summed E-state index contributed by atoms with van der Waals surface area (Å²) in [5.74, 6) is 0.373. The molecule has 0 radical (unpaired) electrons. The Morgan fingerprint density at radius 1 is 1.11 bits per heavy atom. The number of benzene rings is 2. The van der Waals surface area contributed by atoms with Crippen LogP contribution in [0.4, 0.5) is 0 Å². The molecule has 0 aliphatic heterocycles. The van der Waals surface area contributed by atoms with E-state index >= 15 is 0 Å². The van der Waals surface area contributed by atoms with E-state index in [2.05, 4.69) is 0 Å². The number of phenols is 1. The molecule has 4 heteroatoms. The Hall–Kier alpha value is -2.07. The molecule has 90 valence electrons. The largest absolute Gasteiger partial charge is 0.504 e. The second-order valence-corrected chi connectivity index (χ2v) is 5.03. The average molecular weight is 258 g/mol. The van der Waals surface area contributed by atoms with E-state index in [1.165, 1.54) is 24.5 Å². The van der Waals surface area contributed by atoms with E-state index in [9.17, 15) is 9.90 Å². The van der Waals surface area contributed by atoms with Crippen LogP contribution in [0.3, 0.4) is 0 Å². The number of aromatic hydroxyl groups is 1. The van der Waals surface area contributed by atoms with Crippen molar-refractivity contribution in [3.63, 3.8) is 0 Å². The van der Waals surface area contributed by atoms with Crippen molar-refractivity contribution in [3.8, 4) is 11.5 Å². The fraction of sp³-hybridized carbons (Fsp3) is 0.0714. The van der Waals surface area contributed by atoms with Crippen molar-refractivity contribution in [1.82, 2.24) is 0 Å². The molecule has 0 aliphatic rings. The maximum atomic E-state index is 12.3. The van der Waals surface area contributed by atoms with E-state index in [1.807, 2.05) is 18.2 Å². The molecule has 0 saturated carbocycles. The van der Waals surface area contributed by atoms with Gasteiger partial charge in [-0.2, -0.15) is 0 Å². The van der Waals surface area contributed by atoms with E-state index in [0.717, 1.165) is 9.40 Å². The number of ether oxygens (including phenoxy) is 1. The molecule has 0 spiro atoms. The van der Waals surface area contributed by atoms with Crippen LogP contribution < -0.4 is 10.2 Å². The Morgan fingerprint density at radius 3 is 2.67 bits per heavy atom. The molecule has 0 atom stereocenters. The first-order chi connectivity index (χ1) is 8.70. The standard InChI is InChI=1S/C14H10O3S/c1-17-11-7-13-9(6-10(11)15)14(16)8-4-2-3-5-12(8)18-13/h2-7,15H,1H3. The van der Waals surface area contributed by atoms with Crippen molar-refractivity contribution >= 4 is 31.5 Å². The van der Waals surface area contributed by atoms with Crippen molar-refractivity contribution in [2.45, 2.75) is 0 Å². The first-order valence-corrected chi connectivity index (χ1v) is 6.25. The molecule has 0 bridgehead atoms. The molecule has 0 amide bonds. The Kier molecular flexibility index (Phi) is 2.45. The summed E-state index contributed by atoms with van der Waals surface area (Å²) in [6.07, 6.45) is 0. The Morgan fingerprint density at radius 2 is 1.89 bits per heavy atom. The van der Waals surface area contributed by atoms with Crippen molar-refractivity contribution in [2.75, 3.05) is 7.11 Å². The average Bonchev–Trinajstić information content (AvgIpc) is 2.39. The minimum Gasteiger partial charge on any atom is -0.504 e. The predicted octanol–water partition coefficient (Wildman–Crippen LogP) is 3.13. The number of hydrogen-bond acceptors (Lipinski definition) is 4. The molecule has 1 aromatic heterocycles. The van der Waals surface area contributed by atoms with Gasteiger partial charge >= 0.3 is 0 Å². The summed E-state index contributed by atoms with van der Waals surface area (Å²) < 4.78 is 6.81. The Bertz CT molecular complexity index is 805. The van der Waals surface area contributed by atoms with Crippen LogP contribution in [-0.2, 0) is 0 Å². The summed E-state index contributed by atoms with van der Waals surface area (Å²) in [6, 6.07) is 10.6. The van der Waals surface area contributed by atoms with Crippen LogP contribution >= 0.6 is 11.3 Å². The zero-order valence-electron chi connectivity index (χ0n) is 9.64. The molecule has 2 aromatic carbocycles. The zero-order chi connectivity index (χ0) is 12.7. The highest BCUT2D eigenvalue weighted by molar-refractivity contribution is 7.24. The smallest absolute Gasteiger partial charge is 0.196 e. The highest BCUT2D eigenvalue weighted by atomic mass is 32.1. The summed E-state index contributed by atoms with van der Waals surface area (Å²) in [4.78, 5) is 12.3. The minimum absolute atomic E-state index is 0.00965. The van der Waals surface area contributed by atoms with Gasteiger partial charge in [-0.1, -0.05) is 12.1 Å². The van der Waals surface area contributed by atoms with Crippen LogP contribution in [0, 0.1) is 0 Å². The third-order valence-corrected chi connectivity index (χ3v) is 4.01. The van der Waals surface area contributed by atoms with Crippen molar-refractivity contribution in [2.24, 2.45) is 0 Å². The van der Waals surface area contributed by atoms with Crippen LogP contribution in [0.25, 0.3) is 20.2 Å². The van der Waals surface area contributed by atoms with Crippen LogP contribution in [0.5, 0.6) is 11.5 Å². The molecular formula is C14H10O3S. The van der Waals surface area contributed by atoms with Gasteiger partial charge in [0.25, 0.3) is 0 Å². The summed E-state index contributed by atoms with van der Waals surface area (Å²) in [7, 11) is 1.49. The van der Waals surface area contributed by atoms with E-state index in [1.54, 1.807) is 12.1 Å². The summed E-state index contributed by atoms with van der Waals surface area (Å²) in [5.41, 5.74) is -0.0581. The summed E-state index contributed by atoms with van der Waals surface area (Å²) in [5, 5.41) is 11.0. The monoisotopic (exact) mass is 258 g/mol. The lowest BCUT2D eigenvalue weighted by molar-refractivity contribution is 0.374. The van der Waals surface area contributed by atoms with Gasteiger partial charge in [-0.15, -0.1) is 11.3 Å². The lowest BCUT2D eigenvalue weighted by Crippen LogP contribution is -2.00. The Labute approximate surface area is 107 Å². The Balaban J connectivity index is 2.52. The number of fused-ring (bicyclic) bond motifs is 2. The lowest BCUT2D eigenvalue weighted by Gasteiger charge is -2.05. The van der Waals surface area contributed by atoms with E-state index < -0.39 is 0 Å². The van der Waals surface area contributed by atoms with Crippen molar-refractivity contribution in [3.05, 3.63) is 46.6 Å². The molecule has 3 rings (SSSR count). The number of phenolic OH excluding ortho intramolecular Hbond substituents is 1. The topological polar surface area (TPSA) is 46.5 Å². The molecule has 1 N–H and O–H groups in total. The maximum Gasteiger partial charge on any atom is 0.196 e. The quantitative estimate of drug-likeness (QED) is 0.682.